The average Bonchev–Trinajstić information content (AvgIpc) is 2.96. The first-order valence-electron chi connectivity index (χ1n) is 9.03. The Morgan fingerprint density at radius 2 is 2.24 bits per heavy atom. The van der Waals surface area contributed by atoms with Crippen LogP contribution in [-0.4, -0.2) is 55.1 Å². The number of hydrogen-bond donors (Lipinski definition) is 1. The van der Waals surface area contributed by atoms with Gasteiger partial charge in [0.15, 0.2) is 11.5 Å². The molecule has 2 fully saturated rings. The molecule has 5 rings (SSSR count). The van der Waals surface area contributed by atoms with Gasteiger partial charge in [-0.3, -0.25) is 0 Å². The normalized spacial score (nSPS) is 37.9. The Morgan fingerprint density at radius 3 is 3.04 bits per heavy atom. The van der Waals surface area contributed by atoms with E-state index in [9.17, 15) is 9.90 Å². The Bertz CT molecular complexity index is 750. The zero-order chi connectivity index (χ0) is 17.3. The van der Waals surface area contributed by atoms with Crippen molar-refractivity contribution in [3.63, 3.8) is 0 Å². The number of benzene rings is 1. The van der Waals surface area contributed by atoms with E-state index < -0.39 is 12.3 Å². The molecule has 1 aromatic carbocycles. The molecule has 1 saturated carbocycles. The lowest BCUT2D eigenvalue weighted by atomic mass is 9.51. The van der Waals surface area contributed by atoms with Gasteiger partial charge in [0.25, 0.3) is 0 Å². The first-order chi connectivity index (χ1) is 12.1. The summed E-state index contributed by atoms with van der Waals surface area (Å²) in [5.74, 6) is 1.52. The van der Waals surface area contributed by atoms with Crippen molar-refractivity contribution in [1.82, 2.24) is 4.90 Å². The number of methoxy groups -OCH3 is 1. The van der Waals surface area contributed by atoms with Gasteiger partial charge in [-0.2, -0.15) is 0 Å². The van der Waals surface area contributed by atoms with E-state index in [-0.39, 0.29) is 11.5 Å². The first-order valence-corrected chi connectivity index (χ1v) is 9.03. The molecule has 2 aliphatic heterocycles. The van der Waals surface area contributed by atoms with Gasteiger partial charge in [-0.1, -0.05) is 6.07 Å². The number of nitrogens with zero attached hydrogens (tertiary/aromatic N) is 1. The van der Waals surface area contributed by atoms with E-state index in [1.54, 1.807) is 6.07 Å². The largest absolute Gasteiger partial charge is 0.513 e. The summed E-state index contributed by atoms with van der Waals surface area (Å²) >= 11 is 0. The van der Waals surface area contributed by atoms with Gasteiger partial charge < -0.3 is 24.2 Å². The Balaban J connectivity index is 1.70. The molecule has 1 N–H and O–H groups in total. The molecular weight excluding hydrogens is 322 g/mol. The van der Waals surface area contributed by atoms with Gasteiger partial charge in [-0.05, 0) is 56.8 Å². The summed E-state index contributed by atoms with van der Waals surface area (Å²) in [6.07, 6.45) is 2.24. The van der Waals surface area contributed by atoms with Crippen molar-refractivity contribution in [2.24, 2.45) is 5.92 Å². The molecule has 0 radical (unpaired) electrons. The Morgan fingerprint density at radius 1 is 1.40 bits per heavy atom. The maximum Gasteiger partial charge on any atom is 0.513 e. The zero-order valence-electron chi connectivity index (χ0n) is 14.5. The van der Waals surface area contributed by atoms with Crippen LogP contribution in [0.5, 0.6) is 11.5 Å². The number of carbonyl (C=O) groups is 1. The van der Waals surface area contributed by atoms with Crippen LogP contribution < -0.4 is 9.47 Å². The van der Waals surface area contributed by atoms with E-state index in [4.69, 9.17) is 9.47 Å². The van der Waals surface area contributed by atoms with Gasteiger partial charge in [0.2, 0.25) is 0 Å². The minimum absolute atomic E-state index is 0.159. The summed E-state index contributed by atoms with van der Waals surface area (Å²) in [5, 5.41) is 10.7. The molecule has 2 bridgehead atoms. The fourth-order valence-corrected chi connectivity index (χ4v) is 5.91. The zero-order valence-corrected chi connectivity index (χ0v) is 14.5. The highest BCUT2D eigenvalue weighted by atomic mass is 16.7. The summed E-state index contributed by atoms with van der Waals surface area (Å²) in [6, 6.07) is 4.33. The van der Waals surface area contributed by atoms with Gasteiger partial charge in [0.1, 0.15) is 6.10 Å². The van der Waals surface area contributed by atoms with Crippen LogP contribution in [-0.2, 0) is 16.6 Å². The van der Waals surface area contributed by atoms with Crippen LogP contribution in [0.25, 0.3) is 0 Å². The Kier molecular flexibility index (Phi) is 3.16. The number of piperidine rings is 1. The van der Waals surface area contributed by atoms with Crippen LogP contribution in [0.1, 0.15) is 30.4 Å². The minimum atomic E-state index is -0.749. The van der Waals surface area contributed by atoms with Crippen molar-refractivity contribution in [3.05, 3.63) is 23.3 Å². The third-order valence-corrected chi connectivity index (χ3v) is 6.91. The highest BCUT2D eigenvalue weighted by Gasteiger charge is 2.65. The summed E-state index contributed by atoms with van der Waals surface area (Å²) < 4.78 is 16.3. The summed E-state index contributed by atoms with van der Waals surface area (Å²) in [6.45, 7) is 0.995. The Labute approximate surface area is 146 Å². The molecule has 0 amide bonds. The predicted octanol–water partition coefficient (Wildman–Crippen LogP) is 1.86. The molecule has 2 aliphatic carbocycles. The van der Waals surface area contributed by atoms with Crippen molar-refractivity contribution >= 4 is 6.16 Å². The smallest absolute Gasteiger partial charge is 0.483 e. The van der Waals surface area contributed by atoms with Crippen molar-refractivity contribution < 1.29 is 24.1 Å². The number of carbonyl (C=O) groups excluding carboxylic acids is 1. The fraction of sp³-hybridized carbons (Fsp3) is 0.632. The molecule has 1 aromatic rings. The fourth-order valence-electron chi connectivity index (χ4n) is 5.91. The number of aliphatic hydroxyl groups excluding tert-OH is 1. The maximum absolute atomic E-state index is 11.6. The third kappa shape index (κ3) is 1.84. The third-order valence-electron chi connectivity index (χ3n) is 6.91. The number of rotatable bonds is 1. The number of ether oxygens (including phenoxy) is 3. The van der Waals surface area contributed by atoms with Gasteiger partial charge in [-0.25, -0.2) is 4.79 Å². The topological polar surface area (TPSA) is 68.2 Å². The molecule has 1 saturated heterocycles. The monoisotopic (exact) mass is 345 g/mol. The lowest BCUT2D eigenvalue weighted by Crippen LogP contribution is -2.66. The van der Waals surface area contributed by atoms with Crippen molar-refractivity contribution in [2.45, 2.75) is 49.3 Å². The average molecular weight is 345 g/mol. The number of hydrogen-bond acceptors (Lipinski definition) is 6. The molecule has 5 atom stereocenters. The maximum atomic E-state index is 11.6. The number of likely N-dealkylation sites (tertiary alicyclic amines) is 1. The van der Waals surface area contributed by atoms with Gasteiger partial charge >= 0.3 is 6.16 Å². The number of likely N-dealkylation sites (N-methyl/N-ethyl adjacent to an activating group) is 1. The van der Waals surface area contributed by atoms with E-state index in [0.717, 1.165) is 32.2 Å². The predicted molar refractivity (Wildman–Crippen MR) is 89.0 cm³/mol. The SMILES string of the molecule is COC(=O)Oc1ccc2c3c1O[C@H]1[C@@H](O)CC[C@H]4[C@@H](C2)N(C)CC[C@@]341. The van der Waals surface area contributed by atoms with E-state index in [0.29, 0.717) is 23.5 Å². The van der Waals surface area contributed by atoms with Crippen molar-refractivity contribution in [1.29, 1.82) is 0 Å². The molecule has 0 unspecified atom stereocenters. The lowest BCUT2D eigenvalue weighted by molar-refractivity contribution is -0.0993. The Hall–Kier alpha value is -1.79. The van der Waals surface area contributed by atoms with Crippen LogP contribution in [0.15, 0.2) is 12.1 Å². The molecule has 4 aliphatic rings. The van der Waals surface area contributed by atoms with E-state index in [1.807, 2.05) is 6.07 Å². The minimum Gasteiger partial charge on any atom is -0.483 e. The van der Waals surface area contributed by atoms with Crippen LogP contribution >= 0.6 is 0 Å². The van der Waals surface area contributed by atoms with Crippen LogP contribution in [0.2, 0.25) is 0 Å². The first kappa shape index (κ1) is 15.5. The van der Waals surface area contributed by atoms with Crippen LogP contribution in [0.3, 0.4) is 0 Å². The highest BCUT2D eigenvalue weighted by molar-refractivity contribution is 5.68. The standard InChI is InChI=1S/C19H23NO5/c1-20-8-7-19-11-4-5-13(21)17(19)25-16-14(24-18(22)23-2)6-3-10(15(16)19)9-12(11)20/h3,6,11-13,17,21H,4-5,7-9H2,1-2H3/t11-,12+,13-,17-,19-/m0/s1. The molecule has 6 heteroatoms. The van der Waals surface area contributed by atoms with Crippen LogP contribution in [0.4, 0.5) is 4.79 Å². The lowest BCUT2D eigenvalue weighted by Gasteiger charge is -2.58. The molecule has 1 spiro atoms. The quantitative estimate of drug-likeness (QED) is 0.619. The summed E-state index contributed by atoms with van der Waals surface area (Å²) in [4.78, 5) is 14.1. The second kappa shape index (κ2) is 5.11. The van der Waals surface area contributed by atoms with E-state index in [2.05, 4.69) is 16.7 Å². The van der Waals surface area contributed by atoms with Gasteiger partial charge in [-0.15, -0.1) is 0 Å². The van der Waals surface area contributed by atoms with Gasteiger partial charge in [0, 0.05) is 17.0 Å². The molecule has 134 valence electrons. The molecule has 0 aromatic heterocycles. The molecular formula is C19H23NO5. The van der Waals surface area contributed by atoms with Crippen molar-refractivity contribution in [2.75, 3.05) is 20.7 Å². The van der Waals surface area contributed by atoms with Crippen LogP contribution in [0, 0.1) is 5.92 Å². The summed E-state index contributed by atoms with van der Waals surface area (Å²) in [7, 11) is 3.49. The second-order valence-corrected chi connectivity index (χ2v) is 7.82. The van der Waals surface area contributed by atoms with E-state index >= 15 is 0 Å². The van der Waals surface area contributed by atoms with E-state index in [1.165, 1.54) is 18.2 Å². The second-order valence-electron chi connectivity index (χ2n) is 7.82. The van der Waals surface area contributed by atoms with Crippen molar-refractivity contribution in [3.8, 4) is 11.5 Å². The molecule has 6 nitrogen and oxygen atoms in total. The summed E-state index contributed by atoms with van der Waals surface area (Å²) in [5.41, 5.74) is 2.27. The highest BCUT2D eigenvalue weighted by Crippen LogP contribution is 2.63. The molecule has 25 heavy (non-hydrogen) atoms. The molecule has 2 heterocycles. The van der Waals surface area contributed by atoms with Gasteiger partial charge in [0.05, 0.1) is 13.2 Å². The number of aliphatic hydroxyl groups is 1.